The number of hydrogen-bond donors (Lipinski definition) is 3. The van der Waals surface area contributed by atoms with Gasteiger partial charge in [0, 0.05) is 17.0 Å². The van der Waals surface area contributed by atoms with Crippen LogP contribution in [0.25, 0.3) is 0 Å². The predicted octanol–water partition coefficient (Wildman–Crippen LogP) is 1.09. The summed E-state index contributed by atoms with van der Waals surface area (Å²) in [7, 11) is 0. The molecule has 94 valence electrons. The van der Waals surface area contributed by atoms with Crippen LogP contribution < -0.4 is 11.5 Å². The number of nitrogens with one attached hydrogen (secondary N) is 1. The molecule has 0 unspecified atom stereocenters. The third-order valence-electron chi connectivity index (χ3n) is 2.36. The van der Waals surface area contributed by atoms with Gasteiger partial charge in [0.25, 0.3) is 0 Å². The maximum absolute atomic E-state index is 11.0. The molecule has 18 heavy (non-hydrogen) atoms. The Morgan fingerprint density at radius 3 is 2.83 bits per heavy atom. The van der Waals surface area contributed by atoms with Crippen LogP contribution in [0.4, 0.5) is 5.69 Å². The molecular weight excluding hydrogens is 250 g/mol. The van der Waals surface area contributed by atoms with E-state index >= 15 is 0 Å². The topological polar surface area (TPSA) is 111 Å². The van der Waals surface area contributed by atoms with E-state index in [0.29, 0.717) is 22.2 Å². The molecule has 0 saturated carbocycles. The van der Waals surface area contributed by atoms with Crippen LogP contribution in [0.3, 0.4) is 0 Å². The fourth-order valence-corrected chi connectivity index (χ4v) is 2.27. The molecule has 0 radical (unpaired) electrons. The summed E-state index contributed by atoms with van der Waals surface area (Å²) in [5.74, 6) is 0.933. The molecule has 0 aliphatic rings. The van der Waals surface area contributed by atoms with Gasteiger partial charge in [0.05, 0.1) is 0 Å². The lowest BCUT2D eigenvalue weighted by Crippen LogP contribution is -2.11. The Bertz CT molecular complexity index is 581. The average molecular weight is 263 g/mol. The van der Waals surface area contributed by atoms with Crippen LogP contribution >= 0.6 is 11.8 Å². The van der Waals surface area contributed by atoms with Gasteiger partial charge in [-0.25, -0.2) is 4.98 Å². The number of nitrogens with two attached hydrogens (primary N) is 2. The number of benzene rings is 1. The van der Waals surface area contributed by atoms with Gasteiger partial charge in [-0.15, -0.1) is 5.10 Å². The highest BCUT2D eigenvalue weighted by atomic mass is 32.2. The van der Waals surface area contributed by atoms with E-state index in [0.717, 1.165) is 11.4 Å². The molecule has 2 rings (SSSR count). The Balaban J connectivity index is 2.08. The van der Waals surface area contributed by atoms with Crippen LogP contribution in [0.1, 0.15) is 21.7 Å². The van der Waals surface area contributed by atoms with Gasteiger partial charge in [-0.05, 0) is 24.6 Å². The number of aryl methyl sites for hydroxylation is 1. The maximum Gasteiger partial charge on any atom is 0.248 e. The second-order valence-electron chi connectivity index (χ2n) is 3.77. The van der Waals surface area contributed by atoms with Crippen LogP contribution in [-0.2, 0) is 5.75 Å². The number of hydrogen-bond acceptors (Lipinski definition) is 5. The molecule has 0 bridgehead atoms. The first kappa shape index (κ1) is 12.4. The minimum Gasteiger partial charge on any atom is -0.398 e. The lowest BCUT2D eigenvalue weighted by molar-refractivity contribution is 0.100. The molecule has 1 amide bonds. The van der Waals surface area contributed by atoms with E-state index in [1.165, 1.54) is 11.8 Å². The number of carbonyl (C=O) groups is 1. The third kappa shape index (κ3) is 2.80. The first-order chi connectivity index (χ1) is 8.56. The van der Waals surface area contributed by atoms with E-state index in [-0.39, 0.29) is 0 Å². The fourth-order valence-electron chi connectivity index (χ4n) is 1.41. The van der Waals surface area contributed by atoms with E-state index in [1.807, 2.05) is 6.92 Å². The first-order valence-corrected chi connectivity index (χ1v) is 6.25. The van der Waals surface area contributed by atoms with Crippen molar-refractivity contribution < 1.29 is 4.79 Å². The van der Waals surface area contributed by atoms with Crippen molar-refractivity contribution in [2.24, 2.45) is 5.73 Å². The summed E-state index contributed by atoms with van der Waals surface area (Å²) in [6.07, 6.45) is 0. The number of aromatic nitrogens is 3. The molecule has 1 heterocycles. The normalized spacial score (nSPS) is 10.5. The number of rotatable bonds is 4. The van der Waals surface area contributed by atoms with Crippen molar-refractivity contribution in [3.63, 3.8) is 0 Å². The number of nitrogens with zero attached hydrogens (tertiary/aromatic N) is 2. The van der Waals surface area contributed by atoms with Gasteiger partial charge >= 0.3 is 0 Å². The molecule has 1 aromatic carbocycles. The standard InChI is InChI=1S/C11H13N5OS/c1-6-14-11(16-15-6)18-5-8-3-2-7(10(13)17)4-9(8)12/h2-4H,5,12H2,1H3,(H2,13,17)(H,14,15,16). The van der Waals surface area contributed by atoms with Crippen molar-refractivity contribution in [1.29, 1.82) is 0 Å². The Morgan fingerprint density at radius 2 is 2.28 bits per heavy atom. The zero-order valence-electron chi connectivity index (χ0n) is 9.80. The second-order valence-corrected chi connectivity index (χ2v) is 4.71. The third-order valence-corrected chi connectivity index (χ3v) is 3.26. The molecule has 7 heteroatoms. The lowest BCUT2D eigenvalue weighted by atomic mass is 10.1. The van der Waals surface area contributed by atoms with Crippen LogP contribution in [-0.4, -0.2) is 21.1 Å². The van der Waals surface area contributed by atoms with Gasteiger partial charge in [0.15, 0.2) is 0 Å². The van der Waals surface area contributed by atoms with Gasteiger partial charge in [0.1, 0.15) is 5.82 Å². The summed E-state index contributed by atoms with van der Waals surface area (Å²) >= 11 is 1.47. The predicted molar refractivity (Wildman–Crippen MR) is 70.1 cm³/mol. The van der Waals surface area contributed by atoms with E-state index in [2.05, 4.69) is 15.2 Å². The lowest BCUT2D eigenvalue weighted by Gasteiger charge is -2.05. The molecule has 1 aromatic heterocycles. The minimum absolute atomic E-state index is 0.412. The Morgan fingerprint density at radius 1 is 1.50 bits per heavy atom. The van der Waals surface area contributed by atoms with Crippen molar-refractivity contribution in [2.75, 3.05) is 5.73 Å². The minimum atomic E-state index is -0.481. The summed E-state index contributed by atoms with van der Waals surface area (Å²) in [6, 6.07) is 5.04. The zero-order chi connectivity index (χ0) is 13.1. The van der Waals surface area contributed by atoms with E-state index < -0.39 is 5.91 Å². The molecule has 0 aliphatic heterocycles. The second kappa shape index (κ2) is 5.09. The van der Waals surface area contributed by atoms with Crippen molar-refractivity contribution in [2.45, 2.75) is 17.8 Å². The number of aromatic amines is 1. The highest BCUT2D eigenvalue weighted by Gasteiger charge is 2.07. The van der Waals surface area contributed by atoms with Crippen molar-refractivity contribution in [3.05, 3.63) is 35.2 Å². The Kier molecular flexibility index (Phi) is 3.52. The van der Waals surface area contributed by atoms with Crippen molar-refractivity contribution >= 4 is 23.4 Å². The molecular formula is C11H13N5OS. The quantitative estimate of drug-likeness (QED) is 0.564. The molecule has 6 nitrogen and oxygen atoms in total. The first-order valence-electron chi connectivity index (χ1n) is 5.26. The fraction of sp³-hybridized carbons (Fsp3) is 0.182. The van der Waals surface area contributed by atoms with E-state index in [4.69, 9.17) is 11.5 Å². The number of nitrogen functional groups attached to an aromatic ring is 1. The van der Waals surface area contributed by atoms with Gasteiger partial charge in [-0.1, -0.05) is 17.8 Å². The van der Waals surface area contributed by atoms with Gasteiger partial charge < -0.3 is 11.5 Å². The number of amides is 1. The highest BCUT2D eigenvalue weighted by Crippen LogP contribution is 2.23. The van der Waals surface area contributed by atoms with Gasteiger partial charge in [-0.2, -0.15) is 0 Å². The largest absolute Gasteiger partial charge is 0.398 e. The highest BCUT2D eigenvalue weighted by molar-refractivity contribution is 7.98. The van der Waals surface area contributed by atoms with Crippen molar-refractivity contribution in [1.82, 2.24) is 15.2 Å². The van der Waals surface area contributed by atoms with Crippen LogP contribution in [0.5, 0.6) is 0 Å². The van der Waals surface area contributed by atoms with Crippen molar-refractivity contribution in [3.8, 4) is 0 Å². The molecule has 5 N–H and O–H groups in total. The summed E-state index contributed by atoms with van der Waals surface area (Å²) < 4.78 is 0. The summed E-state index contributed by atoms with van der Waals surface area (Å²) in [5.41, 5.74) is 12.9. The Labute approximate surface area is 108 Å². The summed E-state index contributed by atoms with van der Waals surface area (Å²) in [6.45, 7) is 1.84. The molecule has 0 aliphatic carbocycles. The molecule has 2 aromatic rings. The number of anilines is 1. The van der Waals surface area contributed by atoms with E-state index in [9.17, 15) is 4.79 Å². The number of primary amides is 1. The number of thioether (sulfide) groups is 1. The van der Waals surface area contributed by atoms with Crippen LogP contribution in [0.15, 0.2) is 23.4 Å². The van der Waals surface area contributed by atoms with E-state index in [1.54, 1.807) is 18.2 Å². The Hall–Kier alpha value is -2.02. The SMILES string of the molecule is Cc1nc(SCc2ccc(C(N)=O)cc2N)n[nH]1. The summed E-state index contributed by atoms with van der Waals surface area (Å²) in [4.78, 5) is 15.2. The molecule has 0 fully saturated rings. The van der Waals surface area contributed by atoms with Gasteiger partial charge in [-0.3, -0.25) is 9.89 Å². The maximum atomic E-state index is 11.0. The summed E-state index contributed by atoms with van der Waals surface area (Å²) in [5, 5.41) is 7.46. The van der Waals surface area contributed by atoms with Gasteiger partial charge in [0.2, 0.25) is 11.1 Å². The zero-order valence-corrected chi connectivity index (χ0v) is 10.6. The molecule has 0 saturated heterocycles. The monoisotopic (exact) mass is 263 g/mol. The molecule has 0 spiro atoms. The smallest absolute Gasteiger partial charge is 0.248 e. The van der Waals surface area contributed by atoms with Crippen LogP contribution in [0, 0.1) is 6.92 Å². The molecule has 0 atom stereocenters. The number of carbonyl (C=O) groups excluding carboxylic acids is 1. The van der Waals surface area contributed by atoms with Crippen LogP contribution in [0.2, 0.25) is 0 Å². The number of H-pyrrole nitrogens is 1. The average Bonchev–Trinajstić information content (AvgIpc) is 2.73.